The summed E-state index contributed by atoms with van der Waals surface area (Å²) >= 11 is 0. The lowest BCUT2D eigenvalue weighted by molar-refractivity contribution is -0.155. The standard InChI is InChI=1S/C30H32N3O8P/c1-21-18-32(29(36)31-28(21)35)19-27(34)33(20-42(37,38)39)22(2)41-30(23-10-6-4-7-11-23,24-12-8-5-9-13-24)25-14-16-26(40-3)17-15-25/h4-18,22H,19-20H2,1-3H3,(H,31,35,36)(H2,37,38,39). The van der Waals surface area contributed by atoms with Gasteiger partial charge in [-0.05, 0) is 42.7 Å². The first-order chi connectivity index (χ1) is 19.9. The van der Waals surface area contributed by atoms with Crippen LogP contribution in [0.15, 0.2) is 101 Å². The van der Waals surface area contributed by atoms with Crippen molar-refractivity contribution in [2.45, 2.75) is 32.2 Å². The molecule has 1 unspecified atom stereocenters. The molecule has 0 fully saturated rings. The summed E-state index contributed by atoms with van der Waals surface area (Å²) in [7, 11) is -3.24. The summed E-state index contributed by atoms with van der Waals surface area (Å²) in [5, 5.41) is 0. The van der Waals surface area contributed by atoms with E-state index < -0.39 is 49.4 Å². The fourth-order valence-electron chi connectivity index (χ4n) is 4.76. The van der Waals surface area contributed by atoms with Gasteiger partial charge in [0.15, 0.2) is 0 Å². The third-order valence-electron chi connectivity index (χ3n) is 6.79. The van der Waals surface area contributed by atoms with E-state index in [1.54, 1.807) is 19.2 Å². The lowest BCUT2D eigenvalue weighted by atomic mass is 9.80. The molecule has 0 radical (unpaired) electrons. The second-order valence-corrected chi connectivity index (χ2v) is 11.3. The predicted octanol–water partition coefficient (Wildman–Crippen LogP) is 3.17. The number of aromatic nitrogens is 2. The monoisotopic (exact) mass is 593 g/mol. The van der Waals surface area contributed by atoms with Gasteiger partial charge in [-0.15, -0.1) is 0 Å². The van der Waals surface area contributed by atoms with Gasteiger partial charge in [-0.3, -0.25) is 23.7 Å². The summed E-state index contributed by atoms with van der Waals surface area (Å²) < 4.78 is 25.3. The van der Waals surface area contributed by atoms with Crippen LogP contribution in [-0.4, -0.2) is 49.8 Å². The van der Waals surface area contributed by atoms with Crippen molar-refractivity contribution in [3.63, 3.8) is 0 Å². The summed E-state index contributed by atoms with van der Waals surface area (Å²) in [6.07, 6.45) is -0.963. The molecular formula is C30H32N3O8P. The maximum Gasteiger partial charge on any atom is 0.344 e. The maximum atomic E-state index is 13.6. The van der Waals surface area contributed by atoms with Gasteiger partial charge in [-0.25, -0.2) is 4.79 Å². The van der Waals surface area contributed by atoms with Crippen molar-refractivity contribution < 1.29 is 28.6 Å². The molecule has 0 spiro atoms. The molecule has 1 heterocycles. The van der Waals surface area contributed by atoms with Crippen molar-refractivity contribution in [2.24, 2.45) is 0 Å². The number of amides is 1. The summed E-state index contributed by atoms with van der Waals surface area (Å²) in [5.74, 6) is -0.189. The van der Waals surface area contributed by atoms with Gasteiger partial charge in [-0.2, -0.15) is 0 Å². The van der Waals surface area contributed by atoms with Gasteiger partial charge in [0.25, 0.3) is 5.56 Å². The maximum absolute atomic E-state index is 13.6. The number of hydrogen-bond acceptors (Lipinski definition) is 6. The van der Waals surface area contributed by atoms with E-state index >= 15 is 0 Å². The number of benzene rings is 3. The minimum absolute atomic E-state index is 0.194. The quantitative estimate of drug-likeness (QED) is 0.136. The molecule has 4 rings (SSSR count). The van der Waals surface area contributed by atoms with E-state index in [1.165, 1.54) is 20.0 Å². The first-order valence-electron chi connectivity index (χ1n) is 13.0. The highest BCUT2D eigenvalue weighted by Crippen LogP contribution is 2.43. The second-order valence-electron chi connectivity index (χ2n) is 9.73. The van der Waals surface area contributed by atoms with E-state index in [1.807, 2.05) is 72.8 Å². The molecule has 0 aliphatic rings. The van der Waals surface area contributed by atoms with Crippen LogP contribution in [-0.2, 0) is 26.2 Å². The third-order valence-corrected chi connectivity index (χ3v) is 7.47. The molecule has 4 aromatic rings. The molecule has 0 aliphatic carbocycles. The Bertz CT molecular complexity index is 1640. The van der Waals surface area contributed by atoms with Crippen LogP contribution in [0.1, 0.15) is 29.2 Å². The molecule has 1 atom stereocenters. The summed E-state index contributed by atoms with van der Waals surface area (Å²) in [5.41, 5.74) is -0.503. The Labute approximate surface area is 242 Å². The van der Waals surface area contributed by atoms with Crippen LogP contribution in [0.5, 0.6) is 5.75 Å². The van der Waals surface area contributed by atoms with Crippen molar-refractivity contribution in [3.8, 4) is 5.75 Å². The van der Waals surface area contributed by atoms with Gasteiger partial charge in [0.1, 0.15) is 30.4 Å². The van der Waals surface area contributed by atoms with Crippen LogP contribution in [0.2, 0.25) is 0 Å². The molecule has 0 aliphatic heterocycles. The van der Waals surface area contributed by atoms with E-state index in [0.717, 1.165) is 9.47 Å². The van der Waals surface area contributed by atoms with Gasteiger partial charge >= 0.3 is 13.3 Å². The Morgan fingerprint density at radius 1 is 0.952 bits per heavy atom. The Kier molecular flexibility index (Phi) is 9.28. The minimum atomic E-state index is -4.79. The molecule has 3 aromatic carbocycles. The van der Waals surface area contributed by atoms with Gasteiger partial charge in [0.05, 0.1) is 7.11 Å². The van der Waals surface area contributed by atoms with Crippen molar-refractivity contribution in [3.05, 3.63) is 134 Å². The molecule has 0 saturated carbocycles. The molecule has 42 heavy (non-hydrogen) atoms. The summed E-state index contributed by atoms with van der Waals surface area (Å²) in [6, 6.07) is 25.7. The average Bonchev–Trinajstić information content (AvgIpc) is 2.98. The topological polar surface area (TPSA) is 151 Å². The summed E-state index contributed by atoms with van der Waals surface area (Å²) in [6.45, 7) is 2.40. The number of carbonyl (C=O) groups excluding carboxylic acids is 1. The molecule has 1 aromatic heterocycles. The molecule has 0 bridgehead atoms. The highest BCUT2D eigenvalue weighted by atomic mass is 31.2. The Morgan fingerprint density at radius 3 is 1.98 bits per heavy atom. The van der Waals surface area contributed by atoms with E-state index in [9.17, 15) is 28.7 Å². The fraction of sp³-hybridized carbons (Fsp3) is 0.233. The first-order valence-corrected chi connectivity index (χ1v) is 14.8. The van der Waals surface area contributed by atoms with Crippen molar-refractivity contribution in [1.29, 1.82) is 0 Å². The van der Waals surface area contributed by atoms with Crippen molar-refractivity contribution >= 4 is 13.5 Å². The van der Waals surface area contributed by atoms with Gasteiger partial charge in [-0.1, -0.05) is 72.8 Å². The normalized spacial score (nSPS) is 12.5. The fourth-order valence-corrected chi connectivity index (χ4v) is 5.55. The number of carbonyl (C=O) groups is 1. The van der Waals surface area contributed by atoms with Gasteiger partial charge in [0, 0.05) is 11.8 Å². The molecule has 220 valence electrons. The third kappa shape index (κ3) is 6.78. The average molecular weight is 594 g/mol. The number of methoxy groups -OCH3 is 1. The van der Waals surface area contributed by atoms with Gasteiger partial charge in [0.2, 0.25) is 5.91 Å². The van der Waals surface area contributed by atoms with E-state index in [2.05, 4.69) is 4.98 Å². The van der Waals surface area contributed by atoms with Crippen LogP contribution < -0.4 is 16.0 Å². The molecule has 0 saturated heterocycles. The van der Waals surface area contributed by atoms with Crippen LogP contribution in [0, 0.1) is 6.92 Å². The first kappa shape index (κ1) is 30.7. The zero-order chi connectivity index (χ0) is 30.5. The predicted molar refractivity (Wildman–Crippen MR) is 156 cm³/mol. The van der Waals surface area contributed by atoms with E-state index in [-0.39, 0.29) is 5.56 Å². The number of aryl methyl sites for hydroxylation is 1. The molecule has 12 heteroatoms. The largest absolute Gasteiger partial charge is 0.497 e. The van der Waals surface area contributed by atoms with E-state index in [0.29, 0.717) is 22.4 Å². The summed E-state index contributed by atoms with van der Waals surface area (Å²) in [4.78, 5) is 60.7. The van der Waals surface area contributed by atoms with Crippen LogP contribution >= 0.6 is 7.60 Å². The smallest absolute Gasteiger partial charge is 0.344 e. The Balaban J connectivity index is 1.85. The zero-order valence-electron chi connectivity index (χ0n) is 23.3. The number of H-pyrrole nitrogens is 1. The number of nitrogens with one attached hydrogen (secondary N) is 1. The van der Waals surface area contributed by atoms with Gasteiger partial charge < -0.3 is 24.2 Å². The Hall–Kier alpha value is -4.28. The Morgan fingerprint density at radius 2 is 1.48 bits per heavy atom. The highest BCUT2D eigenvalue weighted by Gasteiger charge is 2.42. The lowest BCUT2D eigenvalue weighted by Crippen LogP contribution is -2.48. The van der Waals surface area contributed by atoms with Crippen LogP contribution in [0.3, 0.4) is 0 Å². The van der Waals surface area contributed by atoms with Crippen molar-refractivity contribution in [1.82, 2.24) is 14.5 Å². The molecule has 1 amide bonds. The van der Waals surface area contributed by atoms with Crippen LogP contribution in [0.25, 0.3) is 0 Å². The molecular weight excluding hydrogens is 561 g/mol. The van der Waals surface area contributed by atoms with Crippen LogP contribution in [0.4, 0.5) is 0 Å². The minimum Gasteiger partial charge on any atom is -0.497 e. The number of aromatic amines is 1. The molecule has 3 N–H and O–H groups in total. The van der Waals surface area contributed by atoms with Crippen molar-refractivity contribution in [2.75, 3.05) is 13.4 Å². The highest BCUT2D eigenvalue weighted by molar-refractivity contribution is 7.51. The number of ether oxygens (including phenoxy) is 2. The second kappa shape index (κ2) is 12.7. The number of hydrogen-bond donors (Lipinski definition) is 3. The van der Waals surface area contributed by atoms with E-state index in [4.69, 9.17) is 9.47 Å². The zero-order valence-corrected chi connectivity index (χ0v) is 24.2. The SMILES string of the molecule is COc1ccc(C(OC(C)N(CP(=O)(O)O)C(=O)Cn2cc(C)c(=O)[nH]c2=O)(c2ccccc2)c2ccccc2)cc1. The lowest BCUT2D eigenvalue weighted by Gasteiger charge is -2.41. The number of nitrogens with zero attached hydrogens (tertiary/aromatic N) is 2. The molecule has 11 nitrogen and oxygen atoms in total. The number of rotatable bonds is 11.